The minimum atomic E-state index is 0.634. The maximum Gasteiger partial charge on any atom is 0.143 e. The van der Waals surface area contributed by atoms with Gasteiger partial charge in [-0.15, -0.1) is 0 Å². The minimum Gasteiger partial charge on any atom is -0.354 e. The molecule has 0 aliphatic rings. The van der Waals surface area contributed by atoms with Crippen molar-refractivity contribution in [3.63, 3.8) is 0 Å². The van der Waals surface area contributed by atoms with Crippen LogP contribution >= 0.6 is 27.5 Å². The highest BCUT2D eigenvalue weighted by molar-refractivity contribution is 9.10. The molecule has 0 spiro atoms. The SMILES string of the molecule is Cc1ccccc1CN(C)c1ncc(Cl)cc1Br. The molecule has 1 heterocycles. The van der Waals surface area contributed by atoms with Crippen LogP contribution in [-0.2, 0) is 6.54 Å². The predicted octanol–water partition coefficient (Wildman–Crippen LogP) is 4.44. The molecule has 94 valence electrons. The Hall–Kier alpha value is -1.06. The Morgan fingerprint density at radius 1 is 1.33 bits per heavy atom. The summed E-state index contributed by atoms with van der Waals surface area (Å²) in [7, 11) is 2.02. The third kappa shape index (κ3) is 3.03. The zero-order valence-electron chi connectivity index (χ0n) is 10.3. The summed E-state index contributed by atoms with van der Waals surface area (Å²) >= 11 is 9.39. The van der Waals surface area contributed by atoms with Crippen molar-refractivity contribution in [3.05, 3.63) is 57.2 Å². The average molecular weight is 326 g/mol. The number of anilines is 1. The second-order valence-corrected chi connectivity index (χ2v) is 5.53. The van der Waals surface area contributed by atoms with Crippen molar-refractivity contribution in [1.29, 1.82) is 0 Å². The topological polar surface area (TPSA) is 16.1 Å². The van der Waals surface area contributed by atoms with Crippen molar-refractivity contribution in [2.75, 3.05) is 11.9 Å². The van der Waals surface area contributed by atoms with E-state index in [-0.39, 0.29) is 0 Å². The molecule has 2 aromatic rings. The molecule has 1 aromatic heterocycles. The van der Waals surface area contributed by atoms with Crippen LogP contribution in [-0.4, -0.2) is 12.0 Å². The number of hydrogen-bond acceptors (Lipinski definition) is 2. The predicted molar refractivity (Wildman–Crippen MR) is 80.2 cm³/mol. The molecule has 0 saturated carbocycles. The third-order valence-electron chi connectivity index (χ3n) is 2.82. The molecule has 4 heteroatoms. The summed E-state index contributed by atoms with van der Waals surface area (Å²) in [6.07, 6.45) is 1.66. The largest absolute Gasteiger partial charge is 0.354 e. The van der Waals surface area contributed by atoms with Gasteiger partial charge in [-0.05, 0) is 40.0 Å². The van der Waals surface area contributed by atoms with Gasteiger partial charge in [0.1, 0.15) is 5.82 Å². The number of rotatable bonds is 3. The zero-order valence-corrected chi connectivity index (χ0v) is 12.7. The van der Waals surface area contributed by atoms with E-state index in [1.54, 1.807) is 6.20 Å². The van der Waals surface area contributed by atoms with Gasteiger partial charge >= 0.3 is 0 Å². The van der Waals surface area contributed by atoms with Crippen LogP contribution in [0, 0.1) is 6.92 Å². The van der Waals surface area contributed by atoms with E-state index in [1.165, 1.54) is 11.1 Å². The summed E-state index contributed by atoms with van der Waals surface area (Å²) < 4.78 is 0.908. The van der Waals surface area contributed by atoms with E-state index in [9.17, 15) is 0 Å². The van der Waals surface area contributed by atoms with Gasteiger partial charge in [-0.2, -0.15) is 0 Å². The Bertz CT molecular complexity index is 557. The molecule has 0 aliphatic carbocycles. The van der Waals surface area contributed by atoms with Crippen LogP contribution in [0.4, 0.5) is 5.82 Å². The Morgan fingerprint density at radius 2 is 2.06 bits per heavy atom. The monoisotopic (exact) mass is 324 g/mol. The second kappa shape index (κ2) is 5.72. The van der Waals surface area contributed by atoms with Gasteiger partial charge in [-0.1, -0.05) is 35.9 Å². The molecule has 0 fully saturated rings. The maximum absolute atomic E-state index is 5.90. The summed E-state index contributed by atoms with van der Waals surface area (Å²) in [6, 6.07) is 10.2. The molecule has 2 rings (SSSR count). The number of pyridine rings is 1. The molecular formula is C14H14BrClN2. The number of nitrogens with zero attached hydrogens (tertiary/aromatic N) is 2. The van der Waals surface area contributed by atoms with Gasteiger partial charge in [0.2, 0.25) is 0 Å². The van der Waals surface area contributed by atoms with E-state index in [4.69, 9.17) is 11.6 Å². The first kappa shape index (κ1) is 13.4. The van der Waals surface area contributed by atoms with Crippen LogP contribution in [0.15, 0.2) is 41.0 Å². The standard InChI is InChI=1S/C14H14BrClN2/c1-10-5-3-4-6-11(10)9-18(2)14-13(15)7-12(16)8-17-14/h3-8H,9H2,1-2H3. The fourth-order valence-corrected chi connectivity index (χ4v) is 2.75. The van der Waals surface area contributed by atoms with Crippen molar-refractivity contribution in [2.24, 2.45) is 0 Å². The van der Waals surface area contributed by atoms with E-state index in [0.29, 0.717) is 5.02 Å². The lowest BCUT2D eigenvalue weighted by molar-refractivity contribution is 0.887. The van der Waals surface area contributed by atoms with Crippen LogP contribution in [0.1, 0.15) is 11.1 Å². The fourth-order valence-electron chi connectivity index (χ4n) is 1.81. The van der Waals surface area contributed by atoms with Crippen LogP contribution in [0.2, 0.25) is 5.02 Å². The fraction of sp³-hybridized carbons (Fsp3) is 0.214. The molecule has 0 N–H and O–H groups in total. The summed E-state index contributed by atoms with van der Waals surface area (Å²) in [4.78, 5) is 6.45. The summed E-state index contributed by atoms with van der Waals surface area (Å²) in [5, 5.41) is 0.634. The number of aryl methyl sites for hydroxylation is 1. The molecule has 0 unspecified atom stereocenters. The smallest absolute Gasteiger partial charge is 0.143 e. The van der Waals surface area contributed by atoms with Crippen LogP contribution in [0.3, 0.4) is 0 Å². The Morgan fingerprint density at radius 3 is 2.72 bits per heavy atom. The molecule has 0 amide bonds. The highest BCUT2D eigenvalue weighted by atomic mass is 79.9. The number of aromatic nitrogens is 1. The summed E-state index contributed by atoms with van der Waals surface area (Å²) in [5.74, 6) is 0.891. The number of benzene rings is 1. The first-order valence-electron chi connectivity index (χ1n) is 5.64. The Labute approximate surface area is 121 Å². The van der Waals surface area contributed by atoms with E-state index in [1.807, 2.05) is 13.1 Å². The molecule has 0 aliphatic heterocycles. The lowest BCUT2D eigenvalue weighted by Crippen LogP contribution is -2.18. The maximum atomic E-state index is 5.90. The van der Waals surface area contributed by atoms with Crippen LogP contribution in [0.5, 0.6) is 0 Å². The van der Waals surface area contributed by atoms with Gasteiger partial charge in [0.15, 0.2) is 0 Å². The number of hydrogen-bond donors (Lipinski definition) is 0. The Balaban J connectivity index is 2.22. The highest BCUT2D eigenvalue weighted by Gasteiger charge is 2.09. The first-order valence-corrected chi connectivity index (χ1v) is 6.81. The summed E-state index contributed by atoms with van der Waals surface area (Å²) in [5.41, 5.74) is 2.58. The van der Waals surface area contributed by atoms with Crippen molar-refractivity contribution < 1.29 is 0 Å². The van der Waals surface area contributed by atoms with Gasteiger partial charge in [0.25, 0.3) is 0 Å². The normalized spacial score (nSPS) is 10.4. The van der Waals surface area contributed by atoms with E-state index < -0.39 is 0 Å². The molecule has 2 nitrogen and oxygen atoms in total. The second-order valence-electron chi connectivity index (χ2n) is 4.24. The van der Waals surface area contributed by atoms with Crippen LogP contribution in [0.25, 0.3) is 0 Å². The van der Waals surface area contributed by atoms with E-state index in [2.05, 4.69) is 57.0 Å². The van der Waals surface area contributed by atoms with Gasteiger partial charge in [0.05, 0.1) is 9.50 Å². The van der Waals surface area contributed by atoms with Crippen molar-refractivity contribution >= 4 is 33.3 Å². The van der Waals surface area contributed by atoms with Crippen molar-refractivity contribution in [1.82, 2.24) is 4.98 Å². The Kier molecular flexibility index (Phi) is 4.25. The average Bonchev–Trinajstić information content (AvgIpc) is 2.32. The molecule has 1 aromatic carbocycles. The zero-order chi connectivity index (χ0) is 13.1. The highest BCUT2D eigenvalue weighted by Crippen LogP contribution is 2.26. The van der Waals surface area contributed by atoms with Crippen molar-refractivity contribution in [3.8, 4) is 0 Å². The molecule has 0 bridgehead atoms. The number of halogens is 2. The molecule has 0 radical (unpaired) electrons. The van der Waals surface area contributed by atoms with Gasteiger partial charge in [-0.25, -0.2) is 4.98 Å². The molecule has 0 atom stereocenters. The van der Waals surface area contributed by atoms with E-state index in [0.717, 1.165) is 16.8 Å². The molecule has 0 saturated heterocycles. The van der Waals surface area contributed by atoms with Gasteiger partial charge in [0, 0.05) is 19.8 Å². The quantitative estimate of drug-likeness (QED) is 0.829. The lowest BCUT2D eigenvalue weighted by Gasteiger charge is -2.20. The first-order chi connectivity index (χ1) is 8.58. The van der Waals surface area contributed by atoms with Gasteiger partial charge < -0.3 is 4.90 Å². The molecular weight excluding hydrogens is 312 g/mol. The van der Waals surface area contributed by atoms with E-state index >= 15 is 0 Å². The molecule has 18 heavy (non-hydrogen) atoms. The van der Waals surface area contributed by atoms with Crippen molar-refractivity contribution in [2.45, 2.75) is 13.5 Å². The third-order valence-corrected chi connectivity index (χ3v) is 3.61. The lowest BCUT2D eigenvalue weighted by atomic mass is 10.1. The minimum absolute atomic E-state index is 0.634. The van der Waals surface area contributed by atoms with Gasteiger partial charge in [-0.3, -0.25) is 0 Å². The summed E-state index contributed by atoms with van der Waals surface area (Å²) in [6.45, 7) is 2.94. The van der Waals surface area contributed by atoms with Crippen LogP contribution < -0.4 is 4.90 Å².